The number of carboxylic acid groups (broad SMARTS) is 1. The summed E-state index contributed by atoms with van der Waals surface area (Å²) in [6, 6.07) is 3.57. The number of amides is 1. The number of nitrogens with zero attached hydrogens (tertiary/aromatic N) is 1. The van der Waals surface area contributed by atoms with E-state index in [2.05, 4.69) is 21.2 Å². The number of carbonyl (C=O) groups excluding carboxylic acids is 1. The lowest BCUT2D eigenvalue weighted by molar-refractivity contribution is 0.0521. The number of rotatable bonds is 4. The SMILES string of the molecule is C[C@H](CNC(=O)OC(C)(C)C)n1c(C(=O)O)cc2cc(F)cc(Br)c21. The van der Waals surface area contributed by atoms with Gasteiger partial charge in [0.15, 0.2) is 0 Å². The Hall–Kier alpha value is -2.09. The topological polar surface area (TPSA) is 80.6 Å². The van der Waals surface area contributed by atoms with E-state index in [-0.39, 0.29) is 12.2 Å². The molecular weight excluding hydrogens is 395 g/mol. The fraction of sp³-hybridized carbons (Fsp3) is 0.412. The fourth-order valence-corrected chi connectivity index (χ4v) is 3.19. The molecule has 0 spiro atoms. The zero-order valence-electron chi connectivity index (χ0n) is 14.4. The maximum Gasteiger partial charge on any atom is 0.407 e. The zero-order valence-corrected chi connectivity index (χ0v) is 16.0. The lowest BCUT2D eigenvalue weighted by atomic mass is 10.2. The normalized spacial score (nSPS) is 12.9. The van der Waals surface area contributed by atoms with Crippen LogP contribution in [0.5, 0.6) is 0 Å². The molecule has 2 N–H and O–H groups in total. The number of aromatic nitrogens is 1. The smallest absolute Gasteiger partial charge is 0.407 e. The number of nitrogens with one attached hydrogen (secondary N) is 1. The zero-order chi connectivity index (χ0) is 18.9. The fourth-order valence-electron chi connectivity index (χ4n) is 2.55. The molecule has 8 heteroatoms. The number of hydrogen-bond donors (Lipinski definition) is 2. The molecular formula is C17H20BrFN2O4. The summed E-state index contributed by atoms with van der Waals surface area (Å²) in [6.45, 7) is 7.18. The molecule has 1 aromatic heterocycles. The quantitative estimate of drug-likeness (QED) is 0.779. The molecule has 0 aliphatic heterocycles. The van der Waals surface area contributed by atoms with Gasteiger partial charge in [-0.25, -0.2) is 14.0 Å². The van der Waals surface area contributed by atoms with Gasteiger partial charge in [-0.15, -0.1) is 0 Å². The summed E-state index contributed by atoms with van der Waals surface area (Å²) in [5.74, 6) is -1.60. The Morgan fingerprint density at radius 3 is 2.56 bits per heavy atom. The Kier molecular flexibility index (Phi) is 5.41. The number of halogens is 2. The molecule has 1 amide bonds. The molecule has 6 nitrogen and oxygen atoms in total. The van der Waals surface area contributed by atoms with Crippen LogP contribution in [0.2, 0.25) is 0 Å². The highest BCUT2D eigenvalue weighted by atomic mass is 79.9. The van der Waals surface area contributed by atoms with Crippen LogP contribution in [-0.2, 0) is 4.74 Å². The third kappa shape index (κ3) is 4.50. The van der Waals surface area contributed by atoms with Gasteiger partial charge in [0.2, 0.25) is 0 Å². The van der Waals surface area contributed by atoms with Crippen LogP contribution in [-0.4, -0.2) is 33.9 Å². The Bertz CT molecular complexity index is 826. The largest absolute Gasteiger partial charge is 0.477 e. The standard InChI is InChI=1S/C17H20BrFN2O4/c1-9(8-20-16(24)25-17(2,3)4)21-13(15(22)23)6-10-5-11(19)7-12(18)14(10)21/h5-7,9H,8H2,1-4H3,(H,20,24)(H,22,23)/t9-/m1/s1. The van der Waals surface area contributed by atoms with Crippen molar-refractivity contribution in [3.8, 4) is 0 Å². The van der Waals surface area contributed by atoms with Crippen LogP contribution in [0.1, 0.15) is 44.2 Å². The van der Waals surface area contributed by atoms with Crippen molar-refractivity contribution in [1.29, 1.82) is 0 Å². The lowest BCUT2D eigenvalue weighted by Gasteiger charge is -2.22. The van der Waals surface area contributed by atoms with E-state index in [1.54, 1.807) is 32.3 Å². The van der Waals surface area contributed by atoms with Gasteiger partial charge in [0.1, 0.15) is 17.1 Å². The second-order valence-electron chi connectivity index (χ2n) is 6.76. The third-order valence-electron chi connectivity index (χ3n) is 3.45. The second kappa shape index (κ2) is 7.03. The first kappa shape index (κ1) is 19.2. The van der Waals surface area contributed by atoms with Crippen molar-refractivity contribution in [2.45, 2.75) is 39.3 Å². The first-order valence-electron chi connectivity index (χ1n) is 7.69. The van der Waals surface area contributed by atoms with E-state index in [9.17, 15) is 19.1 Å². The predicted molar refractivity (Wildman–Crippen MR) is 95.5 cm³/mol. The number of hydrogen-bond acceptors (Lipinski definition) is 3. The van der Waals surface area contributed by atoms with Crippen molar-refractivity contribution in [2.24, 2.45) is 0 Å². The number of carbonyl (C=O) groups is 2. The molecule has 0 saturated carbocycles. The van der Waals surface area contributed by atoms with E-state index in [0.717, 1.165) is 0 Å². The number of benzene rings is 1. The minimum Gasteiger partial charge on any atom is -0.477 e. The van der Waals surface area contributed by atoms with Gasteiger partial charge in [0.05, 0.1) is 5.52 Å². The minimum absolute atomic E-state index is 0.0137. The molecule has 0 bridgehead atoms. The van der Waals surface area contributed by atoms with Gasteiger partial charge >= 0.3 is 12.1 Å². The molecule has 1 heterocycles. The highest BCUT2D eigenvalue weighted by molar-refractivity contribution is 9.10. The van der Waals surface area contributed by atoms with E-state index in [1.165, 1.54) is 18.2 Å². The number of carboxylic acids is 1. The van der Waals surface area contributed by atoms with Crippen LogP contribution in [0.3, 0.4) is 0 Å². The molecule has 1 atom stereocenters. The molecule has 0 aliphatic carbocycles. The van der Waals surface area contributed by atoms with E-state index in [4.69, 9.17) is 4.74 Å². The summed E-state index contributed by atoms with van der Waals surface area (Å²) in [7, 11) is 0. The first-order chi connectivity index (χ1) is 11.5. The highest BCUT2D eigenvalue weighted by Gasteiger charge is 2.22. The number of alkyl carbamates (subject to hydrolysis) is 1. The summed E-state index contributed by atoms with van der Waals surface area (Å²) in [5.41, 5.74) is -0.0580. The van der Waals surface area contributed by atoms with Crippen LogP contribution in [0, 0.1) is 5.82 Å². The maximum atomic E-state index is 13.6. The number of ether oxygens (including phenoxy) is 1. The highest BCUT2D eigenvalue weighted by Crippen LogP contribution is 2.31. The molecule has 0 radical (unpaired) electrons. The van der Waals surface area contributed by atoms with E-state index >= 15 is 0 Å². The average molecular weight is 415 g/mol. The van der Waals surface area contributed by atoms with Crippen LogP contribution >= 0.6 is 15.9 Å². The maximum absolute atomic E-state index is 13.6. The Balaban J connectivity index is 2.34. The number of aromatic carboxylic acids is 1. The molecule has 2 rings (SSSR count). The molecule has 136 valence electrons. The van der Waals surface area contributed by atoms with Crippen LogP contribution in [0.4, 0.5) is 9.18 Å². The van der Waals surface area contributed by atoms with Crippen molar-refractivity contribution in [3.05, 3.63) is 34.2 Å². The lowest BCUT2D eigenvalue weighted by Crippen LogP contribution is -2.35. The molecule has 0 aliphatic rings. The second-order valence-corrected chi connectivity index (χ2v) is 7.62. The summed E-state index contributed by atoms with van der Waals surface area (Å²) in [5, 5.41) is 12.6. The van der Waals surface area contributed by atoms with Gasteiger partial charge in [0.25, 0.3) is 0 Å². The summed E-state index contributed by atoms with van der Waals surface area (Å²) >= 11 is 3.28. The van der Waals surface area contributed by atoms with Crippen LogP contribution in [0.15, 0.2) is 22.7 Å². The van der Waals surface area contributed by atoms with E-state index < -0.39 is 29.5 Å². The Morgan fingerprint density at radius 2 is 2.00 bits per heavy atom. The van der Waals surface area contributed by atoms with E-state index in [1.807, 2.05) is 0 Å². The van der Waals surface area contributed by atoms with Crippen molar-refractivity contribution in [1.82, 2.24) is 9.88 Å². The van der Waals surface area contributed by atoms with Gasteiger partial charge < -0.3 is 19.7 Å². The third-order valence-corrected chi connectivity index (χ3v) is 4.06. The summed E-state index contributed by atoms with van der Waals surface area (Å²) in [4.78, 5) is 23.4. The van der Waals surface area contributed by atoms with E-state index in [0.29, 0.717) is 15.4 Å². The molecule has 0 saturated heterocycles. The molecule has 0 unspecified atom stereocenters. The monoisotopic (exact) mass is 414 g/mol. The van der Waals surface area contributed by atoms with Crippen molar-refractivity contribution < 1.29 is 23.8 Å². The van der Waals surface area contributed by atoms with Crippen molar-refractivity contribution in [2.75, 3.05) is 6.54 Å². The molecule has 1 aromatic carbocycles. The average Bonchev–Trinajstić information content (AvgIpc) is 2.82. The molecule has 2 aromatic rings. The van der Waals surface area contributed by atoms with Gasteiger partial charge in [-0.2, -0.15) is 0 Å². The Morgan fingerprint density at radius 1 is 1.36 bits per heavy atom. The van der Waals surface area contributed by atoms with Gasteiger partial charge in [-0.1, -0.05) is 0 Å². The number of fused-ring (bicyclic) bond motifs is 1. The summed E-state index contributed by atoms with van der Waals surface area (Å²) in [6.07, 6.45) is -0.585. The predicted octanol–water partition coefficient (Wildman–Crippen LogP) is 4.33. The minimum atomic E-state index is -1.13. The van der Waals surface area contributed by atoms with Crippen molar-refractivity contribution in [3.63, 3.8) is 0 Å². The molecule has 25 heavy (non-hydrogen) atoms. The van der Waals surface area contributed by atoms with Crippen molar-refractivity contribution >= 4 is 38.9 Å². The van der Waals surface area contributed by atoms with Gasteiger partial charge in [0, 0.05) is 22.4 Å². The van der Waals surface area contributed by atoms with Crippen LogP contribution < -0.4 is 5.32 Å². The first-order valence-corrected chi connectivity index (χ1v) is 8.49. The molecule has 0 fully saturated rings. The van der Waals surface area contributed by atoms with Gasteiger partial charge in [-0.05, 0) is 61.8 Å². The Labute approximate surface area is 153 Å². The van der Waals surface area contributed by atoms with Crippen LogP contribution in [0.25, 0.3) is 10.9 Å². The summed E-state index contributed by atoms with van der Waals surface area (Å²) < 4.78 is 20.8. The van der Waals surface area contributed by atoms with Gasteiger partial charge in [-0.3, -0.25) is 0 Å².